The van der Waals surface area contributed by atoms with Crippen molar-refractivity contribution in [2.24, 2.45) is 0 Å². The predicted octanol–water partition coefficient (Wildman–Crippen LogP) is 3.85. The largest absolute Gasteiger partial charge is 0.354 e. The summed E-state index contributed by atoms with van der Waals surface area (Å²) in [6.45, 7) is 3.94. The number of nitrogens with one attached hydrogen (secondary N) is 1. The quantitative estimate of drug-likeness (QED) is 0.391. The number of aryl methyl sites for hydroxylation is 2. The van der Waals surface area contributed by atoms with E-state index in [1.54, 1.807) is 0 Å². The van der Waals surface area contributed by atoms with Gasteiger partial charge in [-0.05, 0) is 38.1 Å². The molecule has 0 aliphatic heterocycles. The van der Waals surface area contributed by atoms with E-state index in [9.17, 15) is 4.79 Å². The average molecular weight is 274 g/mol. The Hall–Kier alpha value is -2.68. The second-order valence-electron chi connectivity index (χ2n) is 5.47. The van der Waals surface area contributed by atoms with Crippen molar-refractivity contribution in [1.82, 2.24) is 9.97 Å². The van der Waals surface area contributed by atoms with Crippen molar-refractivity contribution in [2.75, 3.05) is 0 Å². The predicted molar refractivity (Wildman–Crippen MR) is 86.8 cm³/mol. The van der Waals surface area contributed by atoms with Crippen molar-refractivity contribution in [3.63, 3.8) is 0 Å². The molecule has 2 aromatic carbocycles. The molecule has 0 saturated heterocycles. The first-order valence-corrected chi connectivity index (χ1v) is 6.97. The van der Waals surface area contributed by atoms with Gasteiger partial charge in [-0.15, -0.1) is 0 Å². The van der Waals surface area contributed by atoms with E-state index in [1.165, 1.54) is 0 Å². The number of nitrogens with zero attached hydrogens (tertiary/aromatic N) is 1. The first-order valence-electron chi connectivity index (χ1n) is 6.97. The SMILES string of the molecule is Cc1ccc2nc(C)c3c(=O)c4ccccc4[nH]c3c2c1. The highest BCUT2D eigenvalue weighted by Crippen LogP contribution is 2.25. The van der Waals surface area contributed by atoms with Crippen LogP contribution in [0.5, 0.6) is 0 Å². The van der Waals surface area contributed by atoms with Gasteiger partial charge in [0, 0.05) is 16.3 Å². The Bertz CT molecular complexity index is 1080. The fourth-order valence-electron chi connectivity index (χ4n) is 2.97. The number of hydrogen-bond acceptors (Lipinski definition) is 2. The van der Waals surface area contributed by atoms with E-state index in [-0.39, 0.29) is 5.43 Å². The molecule has 4 aromatic rings. The van der Waals surface area contributed by atoms with E-state index < -0.39 is 0 Å². The third-order valence-corrected chi connectivity index (χ3v) is 3.98. The van der Waals surface area contributed by atoms with Crippen LogP contribution >= 0.6 is 0 Å². The highest BCUT2D eigenvalue weighted by molar-refractivity contribution is 6.07. The molecule has 102 valence electrons. The van der Waals surface area contributed by atoms with Crippen molar-refractivity contribution < 1.29 is 0 Å². The topological polar surface area (TPSA) is 45.8 Å². The smallest absolute Gasteiger partial charge is 0.199 e. The molecule has 0 atom stereocenters. The minimum atomic E-state index is 0.0488. The van der Waals surface area contributed by atoms with Crippen LogP contribution < -0.4 is 5.43 Å². The first kappa shape index (κ1) is 12.1. The van der Waals surface area contributed by atoms with Crippen molar-refractivity contribution in [3.8, 4) is 0 Å². The summed E-state index contributed by atoms with van der Waals surface area (Å²) in [5, 5.41) is 2.40. The highest BCUT2D eigenvalue weighted by atomic mass is 16.1. The van der Waals surface area contributed by atoms with Gasteiger partial charge in [0.2, 0.25) is 0 Å². The van der Waals surface area contributed by atoms with Gasteiger partial charge in [0.25, 0.3) is 0 Å². The number of pyridine rings is 2. The van der Waals surface area contributed by atoms with Gasteiger partial charge in [-0.2, -0.15) is 0 Å². The lowest BCUT2D eigenvalue weighted by Crippen LogP contribution is -2.07. The fourth-order valence-corrected chi connectivity index (χ4v) is 2.97. The molecule has 0 unspecified atom stereocenters. The standard InChI is InChI=1S/C18H14N2O/c1-10-7-8-15-13(9-10)17-16(11(2)19-15)18(21)12-5-3-4-6-14(12)20-17/h3-9H,1-2H3,(H,20,21). The van der Waals surface area contributed by atoms with Gasteiger partial charge in [-0.1, -0.05) is 23.8 Å². The molecule has 1 N–H and O–H groups in total. The van der Waals surface area contributed by atoms with E-state index in [4.69, 9.17) is 0 Å². The number of fused-ring (bicyclic) bond motifs is 4. The zero-order valence-corrected chi connectivity index (χ0v) is 11.9. The van der Waals surface area contributed by atoms with Gasteiger partial charge in [-0.3, -0.25) is 9.78 Å². The maximum Gasteiger partial charge on any atom is 0.199 e. The van der Waals surface area contributed by atoms with Crippen LogP contribution in [-0.4, -0.2) is 9.97 Å². The number of rotatable bonds is 0. The zero-order valence-electron chi connectivity index (χ0n) is 11.9. The third-order valence-electron chi connectivity index (χ3n) is 3.98. The van der Waals surface area contributed by atoms with Gasteiger partial charge in [-0.25, -0.2) is 0 Å². The Labute approximate surface area is 121 Å². The van der Waals surface area contributed by atoms with Gasteiger partial charge in [0.15, 0.2) is 5.43 Å². The molecule has 2 heterocycles. The molecule has 0 amide bonds. The maximum atomic E-state index is 12.8. The molecule has 0 aliphatic carbocycles. The van der Waals surface area contributed by atoms with Crippen LogP contribution in [0.3, 0.4) is 0 Å². The lowest BCUT2D eigenvalue weighted by molar-refractivity contribution is 1.27. The highest BCUT2D eigenvalue weighted by Gasteiger charge is 2.12. The number of para-hydroxylation sites is 1. The summed E-state index contributed by atoms with van der Waals surface area (Å²) in [7, 11) is 0. The van der Waals surface area contributed by atoms with Gasteiger partial charge >= 0.3 is 0 Å². The molecule has 2 aromatic heterocycles. The Kier molecular flexibility index (Phi) is 2.39. The van der Waals surface area contributed by atoms with Gasteiger partial charge in [0.1, 0.15) is 0 Å². The Morgan fingerprint density at radius 1 is 1.00 bits per heavy atom. The fraction of sp³-hybridized carbons (Fsp3) is 0.111. The lowest BCUT2D eigenvalue weighted by atomic mass is 10.0. The normalized spacial score (nSPS) is 11.5. The molecule has 0 spiro atoms. The Morgan fingerprint density at radius 2 is 1.81 bits per heavy atom. The molecule has 0 saturated carbocycles. The van der Waals surface area contributed by atoms with Crippen molar-refractivity contribution in [1.29, 1.82) is 0 Å². The van der Waals surface area contributed by atoms with Crippen LogP contribution in [0.4, 0.5) is 0 Å². The molecule has 0 radical (unpaired) electrons. The molecular weight excluding hydrogens is 260 g/mol. The summed E-state index contributed by atoms with van der Waals surface area (Å²) in [5.74, 6) is 0. The molecular formula is C18H14N2O. The lowest BCUT2D eigenvalue weighted by Gasteiger charge is -2.09. The number of aromatic nitrogens is 2. The van der Waals surface area contributed by atoms with Crippen LogP contribution in [0.25, 0.3) is 32.7 Å². The monoisotopic (exact) mass is 274 g/mol. The summed E-state index contributed by atoms with van der Waals surface area (Å²) < 4.78 is 0. The molecule has 0 bridgehead atoms. The summed E-state index contributed by atoms with van der Waals surface area (Å²) in [4.78, 5) is 20.8. The van der Waals surface area contributed by atoms with Gasteiger partial charge in [0.05, 0.1) is 22.1 Å². The number of hydrogen-bond donors (Lipinski definition) is 1. The summed E-state index contributed by atoms with van der Waals surface area (Å²) in [5.41, 5.74) is 4.63. The van der Waals surface area contributed by atoms with E-state index in [1.807, 2.05) is 50.2 Å². The van der Waals surface area contributed by atoms with Crippen LogP contribution in [-0.2, 0) is 0 Å². The van der Waals surface area contributed by atoms with Crippen LogP contribution in [0, 0.1) is 13.8 Å². The van der Waals surface area contributed by atoms with Crippen LogP contribution in [0.15, 0.2) is 47.3 Å². The summed E-state index contributed by atoms with van der Waals surface area (Å²) >= 11 is 0. The summed E-state index contributed by atoms with van der Waals surface area (Å²) in [6.07, 6.45) is 0. The number of aromatic amines is 1. The molecule has 0 aliphatic rings. The Balaban J connectivity index is 2.37. The molecule has 0 fully saturated rings. The number of benzene rings is 2. The minimum Gasteiger partial charge on any atom is -0.354 e. The van der Waals surface area contributed by atoms with E-state index in [0.717, 1.165) is 33.2 Å². The molecule has 4 rings (SSSR count). The second-order valence-corrected chi connectivity index (χ2v) is 5.47. The minimum absolute atomic E-state index is 0.0488. The number of H-pyrrole nitrogens is 1. The zero-order chi connectivity index (χ0) is 14.6. The average Bonchev–Trinajstić information content (AvgIpc) is 2.48. The molecule has 3 heteroatoms. The van der Waals surface area contributed by atoms with Gasteiger partial charge < -0.3 is 4.98 Å². The van der Waals surface area contributed by atoms with E-state index in [0.29, 0.717) is 10.8 Å². The maximum absolute atomic E-state index is 12.8. The Morgan fingerprint density at radius 3 is 2.67 bits per heavy atom. The van der Waals surface area contributed by atoms with Crippen LogP contribution in [0.1, 0.15) is 11.3 Å². The summed E-state index contributed by atoms with van der Waals surface area (Å²) in [6, 6.07) is 13.7. The van der Waals surface area contributed by atoms with E-state index in [2.05, 4.69) is 16.0 Å². The van der Waals surface area contributed by atoms with Crippen molar-refractivity contribution in [2.45, 2.75) is 13.8 Å². The molecule has 3 nitrogen and oxygen atoms in total. The van der Waals surface area contributed by atoms with E-state index >= 15 is 0 Å². The van der Waals surface area contributed by atoms with Crippen molar-refractivity contribution >= 4 is 32.7 Å². The van der Waals surface area contributed by atoms with Crippen LogP contribution in [0.2, 0.25) is 0 Å². The second kappa shape index (κ2) is 4.16. The molecule has 21 heavy (non-hydrogen) atoms. The van der Waals surface area contributed by atoms with Crippen molar-refractivity contribution in [3.05, 3.63) is 63.9 Å². The first-order chi connectivity index (χ1) is 10.1. The third kappa shape index (κ3) is 1.67.